The predicted octanol–water partition coefficient (Wildman–Crippen LogP) is 4.05. The Morgan fingerprint density at radius 3 is 1.93 bits per heavy atom. The van der Waals surface area contributed by atoms with Gasteiger partial charge in [-0.05, 0) is 31.6 Å². The van der Waals surface area contributed by atoms with Gasteiger partial charge in [0.05, 0.1) is 21.3 Å². The summed E-state index contributed by atoms with van der Waals surface area (Å²) >= 11 is 0. The summed E-state index contributed by atoms with van der Waals surface area (Å²) in [6, 6.07) is 20.9. The zero-order chi connectivity index (χ0) is 20.6. The van der Waals surface area contributed by atoms with Crippen LogP contribution in [0.4, 0.5) is 0 Å². The van der Waals surface area contributed by atoms with E-state index in [9.17, 15) is 4.79 Å². The molecule has 1 unspecified atom stereocenters. The Kier molecular flexibility index (Phi) is 9.27. The van der Waals surface area contributed by atoms with E-state index in [-0.39, 0.29) is 33.0 Å². The number of benzene rings is 3. The van der Waals surface area contributed by atoms with Crippen LogP contribution in [0.2, 0.25) is 0 Å². The average molecular weight is 417 g/mol. The zero-order valence-electron chi connectivity index (χ0n) is 17.6. The minimum atomic E-state index is -0.0720. The quantitative estimate of drug-likeness (QED) is 0.388. The van der Waals surface area contributed by atoms with Crippen molar-refractivity contribution in [2.45, 2.75) is 6.61 Å². The van der Waals surface area contributed by atoms with E-state index in [4.69, 9.17) is 18.9 Å². The van der Waals surface area contributed by atoms with Crippen LogP contribution in [-0.2, 0) is 6.61 Å². The van der Waals surface area contributed by atoms with Gasteiger partial charge >= 0.3 is 0 Å². The van der Waals surface area contributed by atoms with Crippen molar-refractivity contribution in [3.05, 3.63) is 77.9 Å². The van der Waals surface area contributed by atoms with E-state index < -0.39 is 0 Å². The average Bonchev–Trinajstić information content (AvgIpc) is 2.78. The van der Waals surface area contributed by atoms with E-state index in [1.165, 1.54) is 14.2 Å². The summed E-state index contributed by atoms with van der Waals surface area (Å²) < 4.78 is 21.8. The van der Waals surface area contributed by atoms with Crippen LogP contribution in [0.25, 0.3) is 0 Å². The number of rotatable bonds is 9. The molecule has 0 aliphatic heterocycles. The van der Waals surface area contributed by atoms with E-state index in [0.717, 1.165) is 16.6 Å². The number of carbonyl (C=O) groups excluding carboxylic acids is 1. The zero-order valence-corrected chi connectivity index (χ0v) is 18.6. The summed E-state index contributed by atoms with van der Waals surface area (Å²) in [5, 5.41) is 0.905. The van der Waals surface area contributed by atoms with Crippen LogP contribution < -0.4 is 24.3 Å². The molecular formula is C23H23LiO5P. The Morgan fingerprint density at radius 1 is 0.800 bits per heavy atom. The minimum absolute atomic E-state index is 0. The Labute approximate surface area is 190 Å². The molecule has 0 amide bonds. The Morgan fingerprint density at radius 2 is 1.40 bits per heavy atom. The van der Waals surface area contributed by atoms with Gasteiger partial charge in [-0.2, -0.15) is 0 Å². The minimum Gasteiger partial charge on any atom is -0.496 e. The number of hydrogen-bond acceptors (Lipinski definition) is 5. The fourth-order valence-corrected chi connectivity index (χ4v) is 3.77. The monoisotopic (exact) mass is 417 g/mol. The summed E-state index contributed by atoms with van der Waals surface area (Å²) in [6.07, 6.45) is 0. The molecular weight excluding hydrogens is 394 g/mol. The van der Waals surface area contributed by atoms with Crippen molar-refractivity contribution in [3.63, 3.8) is 0 Å². The summed E-state index contributed by atoms with van der Waals surface area (Å²) in [5.41, 5.74) is 1.45. The Balaban J connectivity index is 0.00000320. The molecule has 5 nitrogen and oxygen atoms in total. The van der Waals surface area contributed by atoms with E-state index in [2.05, 4.69) is 0 Å². The van der Waals surface area contributed by atoms with Crippen molar-refractivity contribution >= 4 is 38.3 Å². The van der Waals surface area contributed by atoms with Gasteiger partial charge in [-0.25, -0.2) is 0 Å². The van der Waals surface area contributed by atoms with Gasteiger partial charge in [0.2, 0.25) is 0 Å². The van der Waals surface area contributed by atoms with Gasteiger partial charge in [0, 0.05) is 31.0 Å². The van der Waals surface area contributed by atoms with Gasteiger partial charge in [0.15, 0.2) is 5.52 Å². The van der Waals surface area contributed by atoms with E-state index >= 15 is 0 Å². The molecule has 0 aromatic heterocycles. The number of ether oxygens (including phenoxy) is 4. The molecule has 0 aliphatic rings. The summed E-state index contributed by atoms with van der Waals surface area (Å²) in [6.45, 7) is 0.502. The van der Waals surface area contributed by atoms with Crippen molar-refractivity contribution in [3.8, 4) is 23.0 Å². The first-order chi connectivity index (χ1) is 14.1. The second kappa shape index (κ2) is 11.7. The van der Waals surface area contributed by atoms with Crippen LogP contribution in [0.1, 0.15) is 15.9 Å². The topological polar surface area (TPSA) is 54.0 Å². The van der Waals surface area contributed by atoms with Crippen molar-refractivity contribution < 1.29 is 23.7 Å². The first-order valence-electron chi connectivity index (χ1n) is 9.02. The molecule has 151 valence electrons. The second-order valence-corrected chi connectivity index (χ2v) is 7.44. The molecule has 3 aromatic rings. The van der Waals surface area contributed by atoms with Gasteiger partial charge < -0.3 is 18.9 Å². The maximum absolute atomic E-state index is 12.9. The molecule has 0 N–H and O–H groups in total. The van der Waals surface area contributed by atoms with Crippen LogP contribution in [0.5, 0.6) is 23.0 Å². The molecule has 0 saturated carbocycles. The van der Waals surface area contributed by atoms with Crippen LogP contribution in [0, 0.1) is 0 Å². The maximum atomic E-state index is 12.9. The molecule has 3 rings (SSSR count). The molecule has 1 radical (unpaired) electrons. The SMILES string of the molecule is COc1cc(OC)c(C(=O)Pc2ccc(OCc3ccccc3)cc2)c(OC)c1.[Li]. The van der Waals surface area contributed by atoms with Crippen molar-refractivity contribution in [1.82, 2.24) is 0 Å². The first kappa shape index (κ1) is 23.8. The third-order valence-electron chi connectivity index (χ3n) is 4.30. The third-order valence-corrected chi connectivity index (χ3v) is 5.40. The molecule has 0 fully saturated rings. The van der Waals surface area contributed by atoms with Gasteiger partial charge in [-0.1, -0.05) is 42.5 Å². The van der Waals surface area contributed by atoms with Gasteiger partial charge in [0.1, 0.15) is 35.2 Å². The molecule has 0 spiro atoms. The molecule has 0 bridgehead atoms. The van der Waals surface area contributed by atoms with Crippen LogP contribution in [0.15, 0.2) is 66.7 Å². The smallest absolute Gasteiger partial charge is 0.193 e. The molecule has 0 saturated heterocycles. The maximum Gasteiger partial charge on any atom is 0.193 e. The van der Waals surface area contributed by atoms with E-state index in [1.807, 2.05) is 54.6 Å². The molecule has 30 heavy (non-hydrogen) atoms. The fourth-order valence-electron chi connectivity index (χ4n) is 2.80. The van der Waals surface area contributed by atoms with Crippen LogP contribution in [0.3, 0.4) is 0 Å². The molecule has 0 heterocycles. The second-order valence-electron chi connectivity index (χ2n) is 6.16. The van der Waals surface area contributed by atoms with Crippen molar-refractivity contribution in [2.75, 3.05) is 21.3 Å². The third kappa shape index (κ3) is 6.03. The summed E-state index contributed by atoms with van der Waals surface area (Å²) in [5.74, 6) is 2.19. The van der Waals surface area contributed by atoms with Crippen molar-refractivity contribution in [2.24, 2.45) is 0 Å². The Hall–Kier alpha value is -2.44. The molecule has 1 atom stereocenters. The fraction of sp³-hybridized carbons (Fsp3) is 0.174. The molecule has 7 heteroatoms. The van der Waals surface area contributed by atoms with Crippen LogP contribution >= 0.6 is 8.58 Å². The summed E-state index contributed by atoms with van der Waals surface area (Å²) in [7, 11) is 4.52. The van der Waals surface area contributed by atoms with Gasteiger partial charge in [-0.3, -0.25) is 4.79 Å². The number of hydrogen-bond donors (Lipinski definition) is 0. The first-order valence-corrected chi connectivity index (χ1v) is 10.0. The van der Waals surface area contributed by atoms with Crippen LogP contribution in [-0.4, -0.2) is 45.7 Å². The van der Waals surface area contributed by atoms with Gasteiger partial charge in [-0.15, -0.1) is 0 Å². The molecule has 3 aromatic carbocycles. The van der Waals surface area contributed by atoms with Crippen molar-refractivity contribution in [1.29, 1.82) is 0 Å². The number of carbonyl (C=O) groups is 1. The normalized spacial score (nSPS) is 10.4. The standard InChI is InChI=1S/C23H23O5P.Li/c1-25-18-13-20(26-2)22(21(14-18)27-3)23(24)29-19-11-9-17(10-12-19)28-15-16-7-5-4-6-8-16;/h4-14,29H,15H2,1-3H3;. The Bertz CT molecular complexity index is 936. The predicted molar refractivity (Wildman–Crippen MR) is 121 cm³/mol. The van der Waals surface area contributed by atoms with E-state index in [1.54, 1.807) is 19.2 Å². The number of methoxy groups -OCH3 is 3. The summed E-state index contributed by atoms with van der Waals surface area (Å²) in [4.78, 5) is 12.9. The largest absolute Gasteiger partial charge is 0.496 e. The molecule has 0 aliphatic carbocycles. The van der Waals surface area contributed by atoms with Gasteiger partial charge in [0.25, 0.3) is 0 Å². The van der Waals surface area contributed by atoms with E-state index in [0.29, 0.717) is 29.4 Å².